The fourth-order valence-electron chi connectivity index (χ4n) is 1.58. The van der Waals surface area contributed by atoms with Gasteiger partial charge in [0.05, 0.1) is 19.3 Å². The Morgan fingerprint density at radius 3 is 2.71 bits per heavy atom. The summed E-state index contributed by atoms with van der Waals surface area (Å²) in [4.78, 5) is 11.4. The zero-order valence-electron chi connectivity index (χ0n) is 10.4. The van der Waals surface area contributed by atoms with E-state index >= 15 is 0 Å². The molecule has 5 nitrogen and oxygen atoms in total. The number of carbonyl (C=O) groups excluding carboxylic acids is 1. The predicted octanol–water partition coefficient (Wildman–Crippen LogP) is 0.999. The van der Waals surface area contributed by atoms with Crippen LogP contribution in [0.2, 0.25) is 0 Å². The summed E-state index contributed by atoms with van der Waals surface area (Å²) in [6, 6.07) is -0.414. The van der Waals surface area contributed by atoms with Crippen molar-refractivity contribution in [3.63, 3.8) is 0 Å². The average Bonchev–Trinajstić information content (AvgIpc) is 2.14. The zero-order valence-corrected chi connectivity index (χ0v) is 10.4. The molecule has 100 valence electrons. The van der Waals surface area contributed by atoms with E-state index in [1.165, 1.54) is 0 Å². The van der Waals surface area contributed by atoms with Crippen molar-refractivity contribution in [2.75, 3.05) is 13.2 Å². The zero-order chi connectivity index (χ0) is 13.1. The van der Waals surface area contributed by atoms with Crippen LogP contribution in [0, 0.1) is 0 Å². The van der Waals surface area contributed by atoms with E-state index in [4.69, 9.17) is 14.6 Å². The quantitative estimate of drug-likeness (QED) is 0.766. The summed E-state index contributed by atoms with van der Waals surface area (Å²) in [5.74, 6) is 0. The molecule has 0 radical (unpaired) electrons. The summed E-state index contributed by atoms with van der Waals surface area (Å²) in [6.07, 6.45) is -2.51. The average molecular weight is 249 g/mol. The summed E-state index contributed by atoms with van der Waals surface area (Å²) >= 11 is 0. The number of ether oxygens (including phenoxy) is 2. The molecule has 1 aliphatic heterocycles. The first-order chi connectivity index (χ1) is 7.81. The Kier molecular flexibility index (Phi) is 4.70. The summed E-state index contributed by atoms with van der Waals surface area (Å²) in [7, 11) is 0. The van der Waals surface area contributed by atoms with Gasteiger partial charge in [-0.3, -0.25) is 0 Å². The molecular weight excluding hydrogens is 229 g/mol. The number of hydrogen-bond acceptors (Lipinski definition) is 4. The fraction of sp³-hybridized carbons (Fsp3) is 0.909. The number of rotatable bonds is 2. The molecular formula is C11H20FNO4. The molecule has 0 aliphatic carbocycles. The number of hydrogen-bond donors (Lipinski definition) is 2. The van der Waals surface area contributed by atoms with Gasteiger partial charge in [-0.25, -0.2) is 9.18 Å². The number of halogens is 1. The van der Waals surface area contributed by atoms with Crippen LogP contribution in [0.25, 0.3) is 0 Å². The third-order valence-electron chi connectivity index (χ3n) is 2.33. The molecule has 0 spiro atoms. The molecule has 0 saturated carbocycles. The van der Waals surface area contributed by atoms with Crippen molar-refractivity contribution in [2.45, 2.75) is 51.1 Å². The summed E-state index contributed by atoms with van der Waals surface area (Å²) in [5, 5.41) is 11.3. The number of alkyl carbamates (subject to hydrolysis) is 1. The number of nitrogens with one attached hydrogen (secondary N) is 1. The highest BCUT2D eigenvalue weighted by Gasteiger charge is 2.32. The van der Waals surface area contributed by atoms with Crippen molar-refractivity contribution in [2.24, 2.45) is 0 Å². The van der Waals surface area contributed by atoms with Gasteiger partial charge in [0, 0.05) is 6.42 Å². The lowest BCUT2D eigenvalue weighted by Gasteiger charge is -2.32. The Balaban J connectivity index is 2.36. The Hall–Kier alpha value is -0.880. The van der Waals surface area contributed by atoms with E-state index in [1.807, 2.05) is 0 Å². The predicted molar refractivity (Wildman–Crippen MR) is 59.5 cm³/mol. The highest BCUT2D eigenvalue weighted by Crippen LogP contribution is 2.18. The van der Waals surface area contributed by atoms with Crippen LogP contribution in [0.1, 0.15) is 27.2 Å². The van der Waals surface area contributed by atoms with Crippen LogP contribution in [-0.2, 0) is 9.47 Å². The van der Waals surface area contributed by atoms with Gasteiger partial charge in [0.1, 0.15) is 17.9 Å². The third-order valence-corrected chi connectivity index (χ3v) is 2.33. The molecule has 0 unspecified atom stereocenters. The Morgan fingerprint density at radius 1 is 1.59 bits per heavy atom. The van der Waals surface area contributed by atoms with Crippen LogP contribution in [0.3, 0.4) is 0 Å². The minimum absolute atomic E-state index is 0.129. The van der Waals surface area contributed by atoms with Gasteiger partial charge in [-0.1, -0.05) is 0 Å². The molecule has 3 atom stereocenters. The van der Waals surface area contributed by atoms with Gasteiger partial charge in [-0.15, -0.1) is 0 Å². The second-order valence-electron chi connectivity index (χ2n) is 5.15. The van der Waals surface area contributed by atoms with Gasteiger partial charge < -0.3 is 19.9 Å². The molecule has 0 aromatic carbocycles. The van der Waals surface area contributed by atoms with Crippen LogP contribution in [-0.4, -0.2) is 48.3 Å². The minimum atomic E-state index is -1.27. The minimum Gasteiger partial charge on any atom is -0.444 e. The maximum absolute atomic E-state index is 13.4. The first-order valence-corrected chi connectivity index (χ1v) is 5.68. The molecule has 17 heavy (non-hydrogen) atoms. The molecule has 1 heterocycles. The fourth-order valence-corrected chi connectivity index (χ4v) is 1.58. The van der Waals surface area contributed by atoms with E-state index in [9.17, 15) is 9.18 Å². The van der Waals surface area contributed by atoms with Crippen molar-refractivity contribution in [1.29, 1.82) is 0 Å². The van der Waals surface area contributed by atoms with Gasteiger partial charge >= 0.3 is 6.09 Å². The molecule has 0 aromatic rings. The van der Waals surface area contributed by atoms with E-state index in [1.54, 1.807) is 20.8 Å². The molecule has 1 rings (SSSR count). The monoisotopic (exact) mass is 249 g/mol. The molecule has 2 N–H and O–H groups in total. The highest BCUT2D eigenvalue weighted by atomic mass is 19.1. The van der Waals surface area contributed by atoms with Gasteiger partial charge in [0.25, 0.3) is 0 Å². The maximum Gasteiger partial charge on any atom is 0.407 e. The topological polar surface area (TPSA) is 67.8 Å². The molecule has 1 amide bonds. The number of aliphatic hydroxyl groups is 1. The van der Waals surface area contributed by atoms with Gasteiger partial charge in [0.15, 0.2) is 0 Å². The number of alkyl halides is 1. The van der Waals surface area contributed by atoms with Gasteiger partial charge in [-0.2, -0.15) is 0 Å². The standard InChI is InChI=1S/C11H20FNO4/c1-11(2,3)17-10(15)13-7-4-8(12)9(5-14)16-6-7/h7-9,14H,4-6H2,1-3H3,(H,13,15)/t7-,8+,9-/m1/s1. The molecule has 0 aromatic heterocycles. The van der Waals surface area contributed by atoms with Crippen LogP contribution in [0.4, 0.5) is 9.18 Å². The van der Waals surface area contributed by atoms with Crippen LogP contribution in [0.15, 0.2) is 0 Å². The molecule has 1 fully saturated rings. The van der Waals surface area contributed by atoms with Gasteiger partial charge in [-0.05, 0) is 20.8 Å². The lowest BCUT2D eigenvalue weighted by atomic mass is 10.0. The van der Waals surface area contributed by atoms with Crippen molar-refractivity contribution in [3.05, 3.63) is 0 Å². The van der Waals surface area contributed by atoms with E-state index in [2.05, 4.69) is 5.32 Å². The molecule has 1 saturated heterocycles. The van der Waals surface area contributed by atoms with Crippen LogP contribution < -0.4 is 5.32 Å². The first kappa shape index (κ1) is 14.2. The molecule has 0 bridgehead atoms. The second kappa shape index (κ2) is 5.64. The summed E-state index contributed by atoms with van der Waals surface area (Å²) in [6.45, 7) is 5.10. The molecule has 6 heteroatoms. The normalized spacial score (nSPS) is 29.8. The third kappa shape index (κ3) is 4.87. The van der Waals surface area contributed by atoms with E-state index < -0.39 is 30.0 Å². The van der Waals surface area contributed by atoms with Gasteiger partial charge in [0.2, 0.25) is 0 Å². The lowest BCUT2D eigenvalue weighted by Crippen LogP contribution is -2.49. The lowest BCUT2D eigenvalue weighted by molar-refractivity contribution is -0.0782. The van der Waals surface area contributed by atoms with Crippen LogP contribution >= 0.6 is 0 Å². The van der Waals surface area contributed by atoms with E-state index in [0.717, 1.165) is 0 Å². The Labute approximate surface area is 100 Å². The van der Waals surface area contributed by atoms with Crippen molar-refractivity contribution >= 4 is 6.09 Å². The van der Waals surface area contributed by atoms with Crippen LogP contribution in [0.5, 0.6) is 0 Å². The second-order valence-corrected chi connectivity index (χ2v) is 5.15. The van der Waals surface area contributed by atoms with E-state index in [0.29, 0.717) is 0 Å². The van der Waals surface area contributed by atoms with Crippen molar-refractivity contribution < 1.29 is 23.8 Å². The Morgan fingerprint density at radius 2 is 2.24 bits per heavy atom. The Bertz CT molecular complexity index is 267. The first-order valence-electron chi connectivity index (χ1n) is 5.68. The summed E-state index contributed by atoms with van der Waals surface area (Å²) in [5.41, 5.74) is -0.581. The smallest absolute Gasteiger partial charge is 0.407 e. The number of amides is 1. The molecule has 1 aliphatic rings. The largest absolute Gasteiger partial charge is 0.444 e. The van der Waals surface area contributed by atoms with E-state index in [-0.39, 0.29) is 19.6 Å². The SMILES string of the molecule is CC(C)(C)OC(=O)N[C@H]1CO[C@H](CO)[C@@H](F)C1. The number of aliphatic hydroxyl groups excluding tert-OH is 1. The highest BCUT2D eigenvalue weighted by molar-refractivity contribution is 5.68. The summed E-state index contributed by atoms with van der Waals surface area (Å²) < 4.78 is 23.5. The number of carbonyl (C=O) groups is 1. The van der Waals surface area contributed by atoms with Crippen molar-refractivity contribution in [1.82, 2.24) is 5.32 Å². The maximum atomic E-state index is 13.4. The van der Waals surface area contributed by atoms with Crippen molar-refractivity contribution in [3.8, 4) is 0 Å².